The number of nitrogens with zero attached hydrogens (tertiary/aromatic N) is 2. The molecule has 0 fully saturated rings. The molecular weight excluding hydrogens is 208 g/mol. The summed E-state index contributed by atoms with van der Waals surface area (Å²) in [5.74, 6) is 1.11. The third kappa shape index (κ3) is 2.20. The molecule has 16 heavy (non-hydrogen) atoms. The number of furan rings is 1. The average molecular weight is 220 g/mol. The van der Waals surface area contributed by atoms with Gasteiger partial charge in [0, 0.05) is 11.8 Å². The Hall–Kier alpha value is -1.88. The first-order valence-corrected chi connectivity index (χ1v) is 4.90. The van der Waals surface area contributed by atoms with E-state index in [2.05, 4.69) is 4.98 Å². The van der Waals surface area contributed by atoms with E-state index in [0.29, 0.717) is 23.8 Å². The van der Waals surface area contributed by atoms with Crippen LogP contribution in [0.25, 0.3) is 0 Å². The lowest BCUT2D eigenvalue weighted by molar-refractivity contribution is 0.243. The van der Waals surface area contributed by atoms with E-state index in [0.717, 1.165) is 0 Å². The van der Waals surface area contributed by atoms with E-state index in [1.165, 1.54) is 17.0 Å². The number of hydrogen-bond donors (Lipinski definition) is 1. The summed E-state index contributed by atoms with van der Waals surface area (Å²) in [4.78, 5) is 15.6. The highest BCUT2D eigenvalue weighted by atomic mass is 16.4. The maximum atomic E-state index is 11.6. The summed E-state index contributed by atoms with van der Waals surface area (Å²) in [7, 11) is 0. The standard InChI is InChI=1S/C11H12N2O3/c1-8-4-11(15)13(7-12-8)5-9-2-3-10(6-14)16-9/h2-4,7,14H,5-6H2,1H3. The van der Waals surface area contributed by atoms with Crippen molar-refractivity contribution in [2.75, 3.05) is 0 Å². The van der Waals surface area contributed by atoms with E-state index in [1.807, 2.05) is 0 Å². The fourth-order valence-corrected chi connectivity index (χ4v) is 1.40. The van der Waals surface area contributed by atoms with Crippen LogP contribution in [0.3, 0.4) is 0 Å². The van der Waals surface area contributed by atoms with Crippen molar-refractivity contribution in [1.82, 2.24) is 9.55 Å². The summed E-state index contributed by atoms with van der Waals surface area (Å²) in [5.41, 5.74) is 0.575. The molecule has 5 nitrogen and oxygen atoms in total. The van der Waals surface area contributed by atoms with Crippen LogP contribution in [-0.4, -0.2) is 14.7 Å². The lowest BCUT2D eigenvalue weighted by Gasteiger charge is -2.02. The molecule has 0 bridgehead atoms. The predicted molar refractivity (Wildman–Crippen MR) is 57.0 cm³/mol. The molecule has 0 aromatic carbocycles. The second-order valence-electron chi connectivity index (χ2n) is 3.52. The predicted octanol–water partition coefficient (Wildman–Crippen LogP) is 0.685. The van der Waals surface area contributed by atoms with Crippen molar-refractivity contribution < 1.29 is 9.52 Å². The van der Waals surface area contributed by atoms with Gasteiger partial charge in [-0.25, -0.2) is 4.98 Å². The Labute approximate surface area is 92.0 Å². The Morgan fingerprint density at radius 2 is 2.19 bits per heavy atom. The van der Waals surface area contributed by atoms with E-state index in [1.54, 1.807) is 19.1 Å². The smallest absolute Gasteiger partial charge is 0.253 e. The molecule has 2 aromatic heterocycles. The second kappa shape index (κ2) is 4.32. The van der Waals surface area contributed by atoms with Gasteiger partial charge in [0.1, 0.15) is 18.1 Å². The normalized spacial score (nSPS) is 10.6. The molecule has 0 saturated carbocycles. The minimum absolute atomic E-state index is 0.116. The van der Waals surface area contributed by atoms with E-state index >= 15 is 0 Å². The van der Waals surface area contributed by atoms with Crippen LogP contribution in [-0.2, 0) is 13.2 Å². The quantitative estimate of drug-likeness (QED) is 0.826. The zero-order valence-corrected chi connectivity index (χ0v) is 8.88. The third-order valence-corrected chi connectivity index (χ3v) is 2.22. The first-order chi connectivity index (χ1) is 7.69. The summed E-state index contributed by atoms with van der Waals surface area (Å²) in [6.45, 7) is 1.95. The van der Waals surface area contributed by atoms with Gasteiger partial charge in [-0.1, -0.05) is 0 Å². The fraction of sp³-hybridized carbons (Fsp3) is 0.273. The van der Waals surface area contributed by atoms with Crippen molar-refractivity contribution in [1.29, 1.82) is 0 Å². The maximum absolute atomic E-state index is 11.6. The van der Waals surface area contributed by atoms with Crippen LogP contribution in [0.2, 0.25) is 0 Å². The minimum atomic E-state index is -0.138. The Bertz CT molecular complexity index is 542. The lowest BCUT2D eigenvalue weighted by Crippen LogP contribution is -2.20. The van der Waals surface area contributed by atoms with Crippen LogP contribution in [0, 0.1) is 6.92 Å². The molecule has 2 heterocycles. The minimum Gasteiger partial charge on any atom is -0.462 e. The topological polar surface area (TPSA) is 68.3 Å². The van der Waals surface area contributed by atoms with Crippen molar-refractivity contribution in [2.24, 2.45) is 0 Å². The van der Waals surface area contributed by atoms with Crippen LogP contribution >= 0.6 is 0 Å². The molecule has 0 spiro atoms. The molecule has 0 atom stereocenters. The van der Waals surface area contributed by atoms with Crippen molar-refractivity contribution in [3.05, 3.63) is 52.1 Å². The van der Waals surface area contributed by atoms with Gasteiger partial charge in [-0.15, -0.1) is 0 Å². The fourth-order valence-electron chi connectivity index (χ4n) is 1.40. The third-order valence-electron chi connectivity index (χ3n) is 2.22. The number of hydrogen-bond acceptors (Lipinski definition) is 4. The highest BCUT2D eigenvalue weighted by Gasteiger charge is 2.03. The number of aryl methyl sites for hydroxylation is 1. The van der Waals surface area contributed by atoms with Crippen molar-refractivity contribution >= 4 is 0 Å². The van der Waals surface area contributed by atoms with Gasteiger partial charge < -0.3 is 9.52 Å². The number of aromatic nitrogens is 2. The molecule has 0 aliphatic rings. The summed E-state index contributed by atoms with van der Waals surface area (Å²) >= 11 is 0. The Morgan fingerprint density at radius 1 is 1.44 bits per heavy atom. The Balaban J connectivity index is 2.23. The van der Waals surface area contributed by atoms with E-state index in [-0.39, 0.29) is 12.2 Å². The summed E-state index contributed by atoms with van der Waals surface area (Å²) in [6, 6.07) is 4.88. The molecule has 2 aromatic rings. The average Bonchev–Trinajstić information content (AvgIpc) is 2.70. The lowest BCUT2D eigenvalue weighted by atomic mass is 10.4. The molecule has 1 N–H and O–H groups in total. The first-order valence-electron chi connectivity index (χ1n) is 4.90. The highest BCUT2D eigenvalue weighted by Crippen LogP contribution is 2.08. The first kappa shape index (κ1) is 10.6. The second-order valence-corrected chi connectivity index (χ2v) is 3.52. The van der Waals surface area contributed by atoms with Crippen molar-refractivity contribution in [3.63, 3.8) is 0 Å². The molecule has 0 radical (unpaired) electrons. The van der Waals surface area contributed by atoms with Crippen LogP contribution in [0.1, 0.15) is 17.2 Å². The van der Waals surface area contributed by atoms with Crippen LogP contribution in [0.5, 0.6) is 0 Å². The molecule has 0 unspecified atom stereocenters. The molecule has 2 rings (SSSR count). The van der Waals surface area contributed by atoms with E-state index < -0.39 is 0 Å². The maximum Gasteiger partial charge on any atom is 0.253 e. The number of rotatable bonds is 3. The largest absolute Gasteiger partial charge is 0.462 e. The summed E-state index contributed by atoms with van der Waals surface area (Å²) < 4.78 is 6.74. The van der Waals surface area contributed by atoms with Gasteiger partial charge in [-0.3, -0.25) is 9.36 Å². The number of aliphatic hydroxyl groups is 1. The van der Waals surface area contributed by atoms with Gasteiger partial charge in [0.2, 0.25) is 0 Å². The molecule has 0 amide bonds. The summed E-state index contributed by atoms with van der Waals surface area (Å²) in [6.07, 6.45) is 1.48. The van der Waals surface area contributed by atoms with Gasteiger partial charge >= 0.3 is 0 Å². The van der Waals surface area contributed by atoms with Crippen LogP contribution < -0.4 is 5.56 Å². The summed E-state index contributed by atoms with van der Waals surface area (Å²) in [5, 5.41) is 8.83. The van der Waals surface area contributed by atoms with Gasteiger partial charge in [-0.2, -0.15) is 0 Å². The molecule has 0 aliphatic carbocycles. The molecule has 84 valence electrons. The van der Waals surface area contributed by atoms with Crippen LogP contribution in [0.4, 0.5) is 0 Å². The van der Waals surface area contributed by atoms with Gasteiger partial charge in [0.05, 0.1) is 12.9 Å². The molecule has 5 heteroatoms. The van der Waals surface area contributed by atoms with Gasteiger partial charge in [-0.05, 0) is 19.1 Å². The number of aliphatic hydroxyl groups excluding tert-OH is 1. The zero-order chi connectivity index (χ0) is 11.5. The Morgan fingerprint density at radius 3 is 2.81 bits per heavy atom. The molecular formula is C11H12N2O3. The highest BCUT2D eigenvalue weighted by molar-refractivity contribution is 5.07. The van der Waals surface area contributed by atoms with Crippen molar-refractivity contribution in [3.8, 4) is 0 Å². The van der Waals surface area contributed by atoms with E-state index in [9.17, 15) is 4.79 Å². The van der Waals surface area contributed by atoms with Crippen LogP contribution in [0.15, 0.2) is 33.7 Å². The molecule has 0 aliphatic heterocycles. The van der Waals surface area contributed by atoms with Gasteiger partial charge in [0.25, 0.3) is 5.56 Å². The van der Waals surface area contributed by atoms with Gasteiger partial charge in [0.15, 0.2) is 0 Å². The monoisotopic (exact) mass is 220 g/mol. The van der Waals surface area contributed by atoms with Crippen molar-refractivity contribution in [2.45, 2.75) is 20.1 Å². The zero-order valence-electron chi connectivity index (χ0n) is 8.88. The Kier molecular flexibility index (Phi) is 2.87. The molecule has 0 saturated heterocycles. The SMILES string of the molecule is Cc1cc(=O)n(Cc2ccc(CO)o2)cn1. The van der Waals surface area contributed by atoms with E-state index in [4.69, 9.17) is 9.52 Å².